The highest BCUT2D eigenvalue weighted by Gasteiger charge is 2.35. The van der Waals surface area contributed by atoms with E-state index in [1.54, 1.807) is 11.3 Å². The van der Waals surface area contributed by atoms with Crippen LogP contribution in [0.4, 0.5) is 16.5 Å². The molecule has 0 bridgehead atoms. The van der Waals surface area contributed by atoms with Gasteiger partial charge in [-0.15, -0.1) is 0 Å². The Morgan fingerprint density at radius 3 is 2.09 bits per heavy atom. The molecule has 0 spiro atoms. The smallest absolute Gasteiger partial charge is 0.195 e. The van der Waals surface area contributed by atoms with Gasteiger partial charge in [0.05, 0.1) is 10.2 Å². The number of hydrogen-bond donors (Lipinski definition) is 0. The van der Waals surface area contributed by atoms with Crippen molar-refractivity contribution in [2.75, 3.05) is 4.90 Å². The second kappa shape index (κ2) is 9.88. The highest BCUT2D eigenvalue weighted by atomic mass is 32.1. The zero-order valence-corrected chi connectivity index (χ0v) is 26.0. The molecule has 2 nitrogen and oxygen atoms in total. The molecule has 8 aromatic rings. The van der Waals surface area contributed by atoms with Crippen molar-refractivity contribution in [3.63, 3.8) is 0 Å². The highest BCUT2D eigenvalue weighted by molar-refractivity contribution is 7.22. The van der Waals surface area contributed by atoms with Gasteiger partial charge in [-0.05, 0) is 79.9 Å². The quantitative estimate of drug-likeness (QED) is 0.188. The van der Waals surface area contributed by atoms with E-state index in [0.29, 0.717) is 0 Å². The fraction of sp³-hybridized carbons (Fsp3) is 0.0714. The topological polar surface area (TPSA) is 16.1 Å². The monoisotopic (exact) mass is 594 g/mol. The molecule has 1 aromatic heterocycles. The van der Waals surface area contributed by atoms with Gasteiger partial charge in [-0.3, -0.25) is 4.90 Å². The molecule has 45 heavy (non-hydrogen) atoms. The van der Waals surface area contributed by atoms with Crippen molar-refractivity contribution in [1.82, 2.24) is 4.98 Å². The first-order valence-electron chi connectivity index (χ1n) is 15.5. The summed E-state index contributed by atoms with van der Waals surface area (Å²) in [7, 11) is 0. The minimum atomic E-state index is -0.0375. The van der Waals surface area contributed by atoms with Crippen LogP contribution in [0.2, 0.25) is 0 Å². The fourth-order valence-electron chi connectivity index (χ4n) is 7.21. The summed E-state index contributed by atoms with van der Waals surface area (Å²) in [6.45, 7) is 4.67. The molecule has 0 unspecified atom stereocenters. The van der Waals surface area contributed by atoms with Crippen LogP contribution in [0.15, 0.2) is 146 Å². The summed E-state index contributed by atoms with van der Waals surface area (Å²) >= 11 is 1.75. The van der Waals surface area contributed by atoms with Gasteiger partial charge in [0, 0.05) is 22.2 Å². The zero-order chi connectivity index (χ0) is 30.1. The molecule has 1 heterocycles. The van der Waals surface area contributed by atoms with Crippen molar-refractivity contribution < 1.29 is 0 Å². The van der Waals surface area contributed by atoms with Gasteiger partial charge in [0.25, 0.3) is 0 Å². The van der Waals surface area contributed by atoms with Crippen molar-refractivity contribution in [2.24, 2.45) is 0 Å². The first kappa shape index (κ1) is 26.2. The normalized spacial score (nSPS) is 13.3. The summed E-state index contributed by atoms with van der Waals surface area (Å²) < 4.78 is 1.19. The molecule has 3 heteroatoms. The Morgan fingerprint density at radius 1 is 0.533 bits per heavy atom. The van der Waals surface area contributed by atoms with Crippen molar-refractivity contribution in [3.8, 4) is 22.3 Å². The van der Waals surface area contributed by atoms with Gasteiger partial charge in [0.2, 0.25) is 0 Å². The van der Waals surface area contributed by atoms with Crippen molar-refractivity contribution in [2.45, 2.75) is 19.3 Å². The van der Waals surface area contributed by atoms with Gasteiger partial charge in [-0.2, -0.15) is 0 Å². The minimum Gasteiger partial charge on any atom is -0.286 e. The predicted molar refractivity (Wildman–Crippen MR) is 192 cm³/mol. The molecule has 0 aliphatic heterocycles. The number of aromatic nitrogens is 1. The lowest BCUT2D eigenvalue weighted by atomic mass is 9.82. The summed E-state index contributed by atoms with van der Waals surface area (Å²) in [5.74, 6) is 0. The lowest BCUT2D eigenvalue weighted by Gasteiger charge is -2.25. The largest absolute Gasteiger partial charge is 0.286 e. The number of rotatable bonds is 4. The Labute approximate surface area is 266 Å². The average Bonchev–Trinajstić information content (AvgIpc) is 3.62. The van der Waals surface area contributed by atoms with Crippen LogP contribution < -0.4 is 4.90 Å². The molecule has 1 aliphatic rings. The van der Waals surface area contributed by atoms with E-state index in [9.17, 15) is 0 Å². The van der Waals surface area contributed by atoms with Crippen LogP contribution >= 0.6 is 11.3 Å². The van der Waals surface area contributed by atoms with Crippen molar-refractivity contribution in [3.05, 3.63) is 157 Å². The third kappa shape index (κ3) is 4.04. The Bertz CT molecular complexity index is 2400. The fourth-order valence-corrected chi connectivity index (χ4v) is 8.24. The van der Waals surface area contributed by atoms with E-state index in [0.717, 1.165) is 22.0 Å². The lowest BCUT2D eigenvalue weighted by Crippen LogP contribution is -2.15. The number of hydrogen-bond acceptors (Lipinski definition) is 3. The predicted octanol–water partition coefficient (Wildman–Crippen LogP) is 12.0. The first-order chi connectivity index (χ1) is 22.1. The van der Waals surface area contributed by atoms with E-state index in [2.05, 4.69) is 164 Å². The SMILES string of the molecule is CC1(C)c2ccccc2-c2cc(N(c3ccc(-c4ccccc4)cc3)c3nc4c(ccc5c6ccccc6ccc54)s3)ccc21. The highest BCUT2D eigenvalue weighted by Crippen LogP contribution is 2.51. The maximum Gasteiger partial charge on any atom is 0.195 e. The molecular formula is C42H30N2S. The number of nitrogens with zero attached hydrogens (tertiary/aromatic N) is 2. The molecule has 9 rings (SSSR count). The summed E-state index contributed by atoms with van der Waals surface area (Å²) in [6.07, 6.45) is 0. The van der Waals surface area contributed by atoms with Crippen LogP contribution in [0.3, 0.4) is 0 Å². The van der Waals surface area contributed by atoms with E-state index >= 15 is 0 Å². The van der Waals surface area contributed by atoms with Gasteiger partial charge in [0.1, 0.15) is 0 Å². The number of fused-ring (bicyclic) bond motifs is 8. The maximum absolute atomic E-state index is 5.39. The molecule has 0 saturated carbocycles. The van der Waals surface area contributed by atoms with Gasteiger partial charge in [0.15, 0.2) is 5.13 Å². The van der Waals surface area contributed by atoms with Gasteiger partial charge in [-0.25, -0.2) is 4.98 Å². The third-order valence-electron chi connectivity index (χ3n) is 9.52. The van der Waals surface area contributed by atoms with E-state index in [1.165, 1.54) is 59.6 Å². The van der Waals surface area contributed by atoms with Crippen LogP contribution in [0, 0.1) is 0 Å². The second-order valence-corrected chi connectivity index (χ2v) is 13.4. The van der Waals surface area contributed by atoms with Crippen molar-refractivity contribution >= 4 is 59.6 Å². The first-order valence-corrected chi connectivity index (χ1v) is 16.3. The Kier molecular flexibility index (Phi) is 5.75. The Balaban J connectivity index is 1.25. The molecule has 0 fully saturated rings. The molecule has 0 amide bonds. The van der Waals surface area contributed by atoms with Crippen LogP contribution in [0.25, 0.3) is 54.0 Å². The van der Waals surface area contributed by atoms with E-state index in [1.807, 2.05) is 0 Å². The molecule has 0 atom stereocenters. The molecular weight excluding hydrogens is 565 g/mol. The van der Waals surface area contributed by atoms with Crippen LogP contribution in [-0.2, 0) is 5.41 Å². The average molecular weight is 595 g/mol. The molecule has 0 N–H and O–H groups in total. The molecule has 214 valence electrons. The zero-order valence-electron chi connectivity index (χ0n) is 25.2. The Morgan fingerprint density at radius 2 is 1.22 bits per heavy atom. The molecule has 7 aromatic carbocycles. The summed E-state index contributed by atoms with van der Waals surface area (Å²) in [6, 6.07) is 52.8. The van der Waals surface area contributed by atoms with E-state index in [4.69, 9.17) is 4.98 Å². The number of thiazole rings is 1. The molecule has 1 aliphatic carbocycles. The Hall–Kier alpha value is -5.25. The van der Waals surface area contributed by atoms with Crippen molar-refractivity contribution in [1.29, 1.82) is 0 Å². The van der Waals surface area contributed by atoms with Gasteiger partial charge in [-0.1, -0.05) is 140 Å². The summed E-state index contributed by atoms with van der Waals surface area (Å²) in [5, 5.41) is 5.91. The minimum absolute atomic E-state index is 0.0375. The van der Waals surface area contributed by atoms with Crippen LogP contribution in [0.5, 0.6) is 0 Å². The van der Waals surface area contributed by atoms with Gasteiger partial charge < -0.3 is 0 Å². The van der Waals surface area contributed by atoms with Gasteiger partial charge >= 0.3 is 0 Å². The molecule has 0 saturated heterocycles. The van der Waals surface area contributed by atoms with Crippen LogP contribution in [0.1, 0.15) is 25.0 Å². The summed E-state index contributed by atoms with van der Waals surface area (Å²) in [5.41, 5.74) is 11.0. The number of anilines is 3. The standard InChI is InChI=1S/C42H30N2S/c1-42(2)37-15-9-8-14-34(37)36-26-31(21-24-38(36)42)44(30-19-16-28(17-20-30)27-10-4-3-5-11-27)41-43-40-35-22-18-29-12-6-7-13-32(29)33(35)23-25-39(40)45-41/h3-26H,1-2H3. The third-order valence-corrected chi connectivity index (χ3v) is 10.5. The van der Waals surface area contributed by atoms with Crippen LogP contribution in [-0.4, -0.2) is 4.98 Å². The van der Waals surface area contributed by atoms with E-state index in [-0.39, 0.29) is 5.41 Å². The summed E-state index contributed by atoms with van der Waals surface area (Å²) in [4.78, 5) is 7.73. The lowest BCUT2D eigenvalue weighted by molar-refractivity contribution is 0.660. The maximum atomic E-state index is 5.39. The number of benzene rings is 7. The second-order valence-electron chi connectivity index (χ2n) is 12.4. The molecule has 0 radical (unpaired) electrons. The van der Waals surface area contributed by atoms with E-state index < -0.39 is 0 Å².